The Morgan fingerprint density at radius 1 is 0.935 bits per heavy atom. The van der Waals surface area contributed by atoms with Crippen LogP contribution in [0.5, 0.6) is 11.5 Å². The van der Waals surface area contributed by atoms with Gasteiger partial charge in [0.05, 0.1) is 6.61 Å². The first kappa shape index (κ1) is 38.2. The number of aliphatic hydroxyl groups excluding tert-OH is 3. The van der Waals surface area contributed by atoms with Gasteiger partial charge in [-0.25, -0.2) is 9.36 Å². The lowest BCUT2D eigenvalue weighted by Gasteiger charge is -2.38. The molecule has 0 bridgehead atoms. The number of carbonyl (C=O) groups is 1. The molecule has 4 unspecified atom stereocenters. The van der Waals surface area contributed by atoms with Gasteiger partial charge in [0, 0.05) is 5.56 Å². The molecule has 0 aliphatic carbocycles. The molecule has 0 radical (unpaired) electrons. The Morgan fingerprint density at radius 3 is 2.11 bits per heavy atom. The number of hydrogen-bond donors (Lipinski definition) is 4. The van der Waals surface area contributed by atoms with E-state index < -0.39 is 44.1 Å². The van der Waals surface area contributed by atoms with Crippen LogP contribution in [0.15, 0.2) is 11.5 Å². The number of esters is 1. The molecule has 3 rings (SSSR count). The van der Waals surface area contributed by atoms with Gasteiger partial charge in [0.15, 0.2) is 11.9 Å². The minimum atomic E-state index is -4.99. The van der Waals surface area contributed by atoms with Crippen molar-refractivity contribution in [1.29, 1.82) is 0 Å². The molecule has 4 N–H and O–H groups in total. The quantitative estimate of drug-likeness (QED) is 0.0905. The van der Waals surface area contributed by atoms with Gasteiger partial charge in [0.2, 0.25) is 0 Å². The summed E-state index contributed by atoms with van der Waals surface area (Å²) < 4.78 is 34.9. The van der Waals surface area contributed by atoms with Crippen molar-refractivity contribution < 1.29 is 48.1 Å². The van der Waals surface area contributed by atoms with Crippen LogP contribution in [0.25, 0.3) is 0 Å². The highest BCUT2D eigenvalue weighted by Gasteiger charge is 2.44. The topological polar surface area (TPSA) is 152 Å². The predicted octanol–water partition coefficient (Wildman–Crippen LogP) is 7.68. The molecule has 2 aliphatic heterocycles. The molecule has 0 saturated heterocycles. The highest BCUT2D eigenvalue weighted by atomic mass is 31.2. The number of rotatable bonds is 18. The van der Waals surface area contributed by atoms with Gasteiger partial charge in [-0.15, -0.1) is 0 Å². The van der Waals surface area contributed by atoms with E-state index in [0.717, 1.165) is 48.0 Å². The van der Waals surface area contributed by atoms with Gasteiger partial charge < -0.3 is 33.8 Å². The average Bonchev–Trinajstić information content (AvgIpc) is 3.25. The molecular formula is C35H57O10P. The second-order valence-electron chi connectivity index (χ2n) is 14.4. The van der Waals surface area contributed by atoms with Crippen LogP contribution in [0.3, 0.4) is 0 Å². The Bertz CT molecular complexity index is 1290. The van der Waals surface area contributed by atoms with E-state index in [0.29, 0.717) is 23.5 Å². The van der Waals surface area contributed by atoms with Gasteiger partial charge in [-0.05, 0) is 87.8 Å². The Hall–Kier alpha value is -2.26. The molecule has 0 saturated carbocycles. The fourth-order valence-corrected chi connectivity index (χ4v) is 7.49. The monoisotopic (exact) mass is 668 g/mol. The molecule has 2 aliphatic rings. The molecule has 46 heavy (non-hydrogen) atoms. The highest BCUT2D eigenvalue weighted by molar-refractivity contribution is 7.48. The number of ether oxygens (including phenoxy) is 2. The third-order valence-electron chi connectivity index (χ3n) is 9.71. The highest BCUT2D eigenvalue weighted by Crippen LogP contribution is 2.52. The number of hydrogen-bond acceptors (Lipinski definition) is 9. The number of aliphatic hydroxyl groups is 3. The second kappa shape index (κ2) is 16.2. The molecule has 0 fully saturated rings. The summed E-state index contributed by atoms with van der Waals surface area (Å²) in [6, 6.07) is 0. The van der Waals surface area contributed by atoms with Gasteiger partial charge in [0.25, 0.3) is 5.76 Å². The number of benzene rings is 1. The van der Waals surface area contributed by atoms with Crippen LogP contribution in [0, 0.1) is 38.5 Å². The van der Waals surface area contributed by atoms with E-state index in [4.69, 9.17) is 23.6 Å². The smallest absolute Gasteiger partial charge is 0.505 e. The van der Waals surface area contributed by atoms with Crippen molar-refractivity contribution in [2.24, 2.45) is 17.8 Å². The second-order valence-corrected chi connectivity index (χ2v) is 15.7. The summed E-state index contributed by atoms with van der Waals surface area (Å²) in [6.45, 7) is 16.1. The lowest BCUT2D eigenvalue weighted by Crippen LogP contribution is -2.37. The molecule has 1 aromatic rings. The fraction of sp³-hybridized carbons (Fsp3) is 0.743. The zero-order chi connectivity index (χ0) is 34.4. The molecule has 1 aromatic carbocycles. The van der Waals surface area contributed by atoms with E-state index >= 15 is 0 Å². The number of phosphoric ester groups is 1. The van der Waals surface area contributed by atoms with E-state index in [2.05, 4.69) is 34.6 Å². The standard InChI is InChI=1S/C35H57O10P/c1-21(2)12-9-13-22(3)14-10-15-23(4)16-11-18-35(8)19-17-27-26(7)30(24(5)25(6)31(27)43-35)44-46(40,41)45-33-29(38)32(28(37)20-36)42-34(33)39/h21-23,28,32,36-38H,9-20H2,1-8H3,(H,40,41)/t22?,23?,28-,32+,35?/m0/s1. The minimum Gasteiger partial charge on any atom is -0.505 e. The summed E-state index contributed by atoms with van der Waals surface area (Å²) >= 11 is 0. The zero-order valence-electron chi connectivity index (χ0n) is 29.1. The van der Waals surface area contributed by atoms with Crippen LogP contribution in [0.1, 0.15) is 121 Å². The Labute approximate surface area is 275 Å². The average molecular weight is 669 g/mol. The van der Waals surface area contributed by atoms with E-state index in [1.165, 1.54) is 44.9 Å². The summed E-state index contributed by atoms with van der Waals surface area (Å²) in [4.78, 5) is 22.7. The normalized spacial score (nSPS) is 23.0. The number of phosphoric acid groups is 1. The molecule has 262 valence electrons. The fourth-order valence-electron chi connectivity index (χ4n) is 6.55. The molecular weight excluding hydrogens is 611 g/mol. The molecule has 6 atom stereocenters. The van der Waals surface area contributed by atoms with Crippen LogP contribution in [0.2, 0.25) is 0 Å². The maximum Gasteiger partial charge on any atom is 0.585 e. The number of fused-ring (bicyclic) bond motifs is 1. The van der Waals surface area contributed by atoms with Crippen molar-refractivity contribution >= 4 is 13.8 Å². The van der Waals surface area contributed by atoms with Gasteiger partial charge in [-0.3, -0.25) is 4.89 Å². The Kier molecular flexibility index (Phi) is 13.5. The number of carbonyl (C=O) groups excluding carboxylic acids is 1. The van der Waals surface area contributed by atoms with Gasteiger partial charge in [0.1, 0.15) is 23.2 Å². The molecule has 0 spiro atoms. The lowest BCUT2D eigenvalue weighted by molar-refractivity contribution is -0.147. The molecule has 0 aromatic heterocycles. The third kappa shape index (κ3) is 9.88. The maximum absolute atomic E-state index is 13.0. The first-order valence-corrected chi connectivity index (χ1v) is 18.4. The number of cyclic esters (lactones) is 1. The maximum atomic E-state index is 13.0. The van der Waals surface area contributed by atoms with E-state index in [9.17, 15) is 24.5 Å². The minimum absolute atomic E-state index is 0.135. The summed E-state index contributed by atoms with van der Waals surface area (Å²) in [7, 11) is -4.99. The molecule has 10 nitrogen and oxygen atoms in total. The molecule has 11 heteroatoms. The first-order chi connectivity index (χ1) is 21.5. The van der Waals surface area contributed by atoms with E-state index in [1.807, 2.05) is 6.92 Å². The van der Waals surface area contributed by atoms with E-state index in [1.54, 1.807) is 13.8 Å². The SMILES string of the molecule is Cc1c(C)c2c(c(C)c1OP(=O)(O)OC1=C(O)[C@@H]([C@@H](O)CO)OC1=O)CCC(C)(CCCC(C)CCCC(C)CCCC(C)C)O2. The van der Waals surface area contributed by atoms with Gasteiger partial charge in [-0.1, -0.05) is 72.6 Å². The third-order valence-corrected chi connectivity index (χ3v) is 10.5. The van der Waals surface area contributed by atoms with Crippen molar-refractivity contribution in [1.82, 2.24) is 0 Å². The van der Waals surface area contributed by atoms with E-state index in [-0.39, 0.29) is 11.4 Å². The molecule has 0 amide bonds. The van der Waals surface area contributed by atoms with Crippen molar-refractivity contribution in [2.45, 2.75) is 144 Å². The Balaban J connectivity index is 1.59. The van der Waals surface area contributed by atoms with Crippen molar-refractivity contribution in [3.63, 3.8) is 0 Å². The predicted molar refractivity (Wildman–Crippen MR) is 177 cm³/mol. The first-order valence-electron chi connectivity index (χ1n) is 16.9. The van der Waals surface area contributed by atoms with Crippen molar-refractivity contribution in [3.8, 4) is 11.5 Å². The zero-order valence-corrected chi connectivity index (χ0v) is 30.0. The van der Waals surface area contributed by atoms with Crippen LogP contribution in [-0.2, 0) is 25.0 Å². The van der Waals surface area contributed by atoms with Crippen LogP contribution >= 0.6 is 7.82 Å². The lowest BCUT2D eigenvalue weighted by atomic mass is 9.84. The molecule has 2 heterocycles. The van der Waals surface area contributed by atoms with Gasteiger partial charge >= 0.3 is 13.8 Å². The summed E-state index contributed by atoms with van der Waals surface area (Å²) in [5, 5.41) is 29.1. The van der Waals surface area contributed by atoms with Crippen LogP contribution < -0.4 is 9.26 Å². The van der Waals surface area contributed by atoms with Gasteiger partial charge in [-0.2, -0.15) is 0 Å². The van der Waals surface area contributed by atoms with Crippen molar-refractivity contribution in [3.05, 3.63) is 33.8 Å². The van der Waals surface area contributed by atoms with Crippen LogP contribution in [-0.4, -0.2) is 50.6 Å². The Morgan fingerprint density at radius 2 is 1.52 bits per heavy atom. The van der Waals surface area contributed by atoms with Crippen LogP contribution in [0.4, 0.5) is 0 Å². The van der Waals surface area contributed by atoms with Crippen molar-refractivity contribution in [2.75, 3.05) is 6.61 Å². The summed E-state index contributed by atoms with van der Waals surface area (Å²) in [5.41, 5.74) is 2.57. The summed E-state index contributed by atoms with van der Waals surface area (Å²) in [5.74, 6) is 0.0670. The summed E-state index contributed by atoms with van der Waals surface area (Å²) in [6.07, 6.45) is 9.29. The largest absolute Gasteiger partial charge is 0.585 e.